The minimum Gasteiger partial charge on any atom is -0.428 e. The van der Waals surface area contributed by atoms with Gasteiger partial charge in [0.2, 0.25) is 0 Å². The first-order chi connectivity index (χ1) is 12.9. The number of carbonyl (C=O) groups excluding carboxylic acids is 1. The van der Waals surface area contributed by atoms with E-state index in [1.807, 2.05) is 13.0 Å². The first-order valence-corrected chi connectivity index (χ1v) is 9.69. The Morgan fingerprint density at radius 2 is 1.61 bits per heavy atom. The summed E-state index contributed by atoms with van der Waals surface area (Å²) in [6.07, 6.45) is -0.890. The number of hydrogen-bond acceptors (Lipinski definition) is 4. The smallest absolute Gasteiger partial charge is 0.418 e. The molecule has 2 aromatic rings. The molecule has 0 saturated carbocycles. The van der Waals surface area contributed by atoms with Gasteiger partial charge in [-0.2, -0.15) is 0 Å². The van der Waals surface area contributed by atoms with Crippen molar-refractivity contribution in [3.63, 3.8) is 0 Å². The minimum atomic E-state index is -2.14. The Kier molecular flexibility index (Phi) is 5.38. The molecule has 1 unspecified atom stereocenters. The van der Waals surface area contributed by atoms with Crippen molar-refractivity contribution in [1.29, 1.82) is 0 Å². The number of benzene rings is 2. The standard InChI is InChI=1S/C20H20Cl3NO4/c1-12-5-8-14(9-6-12)26-17(25)24-20(19(21,22)23)27-15-10-7-13(18(2,3)4)11-16(15)28-20/h5-11H,1-4H3,(H,24,25). The highest BCUT2D eigenvalue weighted by atomic mass is 35.6. The number of carbonyl (C=O) groups is 1. The minimum absolute atomic E-state index is 0.124. The van der Waals surface area contributed by atoms with E-state index in [0.717, 1.165) is 11.1 Å². The molecule has 1 atom stereocenters. The molecule has 0 radical (unpaired) electrons. The second-order valence-electron chi connectivity index (χ2n) is 7.56. The van der Waals surface area contributed by atoms with Crippen LogP contribution in [0.15, 0.2) is 42.5 Å². The summed E-state index contributed by atoms with van der Waals surface area (Å²) >= 11 is 18.3. The molecule has 1 aliphatic rings. The number of alkyl halides is 3. The molecule has 0 spiro atoms. The van der Waals surface area contributed by atoms with E-state index >= 15 is 0 Å². The van der Waals surface area contributed by atoms with Gasteiger partial charge >= 0.3 is 12.0 Å². The highest BCUT2D eigenvalue weighted by molar-refractivity contribution is 6.68. The van der Waals surface area contributed by atoms with E-state index in [2.05, 4.69) is 26.1 Å². The van der Waals surface area contributed by atoms with Crippen molar-refractivity contribution in [2.75, 3.05) is 0 Å². The van der Waals surface area contributed by atoms with Gasteiger partial charge in [0.15, 0.2) is 11.5 Å². The van der Waals surface area contributed by atoms with Gasteiger partial charge in [-0.05, 0) is 42.2 Å². The van der Waals surface area contributed by atoms with Gasteiger partial charge in [0.25, 0.3) is 3.79 Å². The zero-order valence-corrected chi connectivity index (χ0v) is 18.1. The number of amides is 1. The molecule has 0 aliphatic carbocycles. The molecule has 0 saturated heterocycles. The van der Waals surface area contributed by atoms with Crippen molar-refractivity contribution in [1.82, 2.24) is 5.32 Å². The molecule has 0 bridgehead atoms. The third-order valence-electron chi connectivity index (χ3n) is 4.19. The third kappa shape index (κ3) is 4.27. The van der Waals surface area contributed by atoms with Crippen LogP contribution in [-0.4, -0.2) is 15.8 Å². The highest BCUT2D eigenvalue weighted by Gasteiger charge is 2.60. The maximum absolute atomic E-state index is 12.4. The summed E-state index contributed by atoms with van der Waals surface area (Å²) in [6.45, 7) is 8.10. The average Bonchev–Trinajstić information content (AvgIpc) is 2.94. The molecule has 0 aromatic heterocycles. The molecule has 0 fully saturated rings. The summed E-state index contributed by atoms with van der Waals surface area (Å²) in [5.74, 6) is -1.05. The summed E-state index contributed by atoms with van der Waals surface area (Å²) in [5, 5.41) is 2.40. The monoisotopic (exact) mass is 443 g/mol. The maximum atomic E-state index is 12.4. The van der Waals surface area contributed by atoms with Crippen LogP contribution in [0, 0.1) is 6.92 Å². The van der Waals surface area contributed by atoms with Crippen LogP contribution in [0.2, 0.25) is 0 Å². The van der Waals surface area contributed by atoms with Crippen LogP contribution in [0.25, 0.3) is 0 Å². The normalized spacial score (nSPS) is 18.7. The predicted molar refractivity (Wildman–Crippen MR) is 110 cm³/mol. The van der Waals surface area contributed by atoms with Gasteiger partial charge in [-0.1, -0.05) is 79.3 Å². The maximum Gasteiger partial charge on any atom is 0.418 e. The molecule has 1 N–H and O–H groups in total. The fourth-order valence-corrected chi connectivity index (χ4v) is 2.95. The summed E-state index contributed by atoms with van der Waals surface area (Å²) in [4.78, 5) is 12.4. The van der Waals surface area contributed by atoms with Crippen LogP contribution in [0.5, 0.6) is 17.2 Å². The molecule has 1 heterocycles. The number of halogens is 3. The Labute approximate surface area is 178 Å². The van der Waals surface area contributed by atoms with Crippen LogP contribution in [0.3, 0.4) is 0 Å². The lowest BCUT2D eigenvalue weighted by Crippen LogP contribution is -2.64. The lowest BCUT2D eigenvalue weighted by atomic mass is 9.87. The van der Waals surface area contributed by atoms with Gasteiger partial charge in [-0.25, -0.2) is 10.1 Å². The molecule has 1 aliphatic heterocycles. The Morgan fingerprint density at radius 3 is 2.18 bits per heavy atom. The van der Waals surface area contributed by atoms with Crippen LogP contribution < -0.4 is 19.5 Å². The number of fused-ring (bicyclic) bond motifs is 1. The van der Waals surface area contributed by atoms with Crippen molar-refractivity contribution in [2.24, 2.45) is 0 Å². The molecular weight excluding hydrogens is 425 g/mol. The van der Waals surface area contributed by atoms with E-state index in [9.17, 15) is 4.79 Å². The Balaban J connectivity index is 1.84. The first-order valence-electron chi connectivity index (χ1n) is 8.56. The van der Waals surface area contributed by atoms with E-state index in [1.165, 1.54) is 0 Å². The zero-order valence-electron chi connectivity index (χ0n) is 15.8. The number of ether oxygens (including phenoxy) is 3. The quantitative estimate of drug-likeness (QED) is 0.588. The number of aryl methyl sites for hydroxylation is 1. The summed E-state index contributed by atoms with van der Waals surface area (Å²) < 4.78 is 14.6. The average molecular weight is 445 g/mol. The number of hydrogen-bond donors (Lipinski definition) is 1. The topological polar surface area (TPSA) is 56.8 Å². The van der Waals surface area contributed by atoms with Gasteiger partial charge < -0.3 is 14.2 Å². The van der Waals surface area contributed by atoms with Crippen LogP contribution >= 0.6 is 34.8 Å². The largest absolute Gasteiger partial charge is 0.428 e. The van der Waals surface area contributed by atoms with Crippen molar-refractivity contribution in [3.05, 3.63) is 53.6 Å². The fraction of sp³-hybridized carbons (Fsp3) is 0.350. The molecule has 150 valence electrons. The van der Waals surface area contributed by atoms with Gasteiger partial charge in [0.05, 0.1) is 0 Å². The summed E-state index contributed by atoms with van der Waals surface area (Å²) in [7, 11) is 0. The van der Waals surface area contributed by atoms with E-state index < -0.39 is 15.8 Å². The van der Waals surface area contributed by atoms with Crippen LogP contribution in [0.4, 0.5) is 4.79 Å². The van der Waals surface area contributed by atoms with E-state index in [0.29, 0.717) is 17.2 Å². The van der Waals surface area contributed by atoms with Gasteiger partial charge in [0, 0.05) is 0 Å². The summed E-state index contributed by atoms with van der Waals surface area (Å²) in [5.41, 5.74) is 1.90. The van der Waals surface area contributed by atoms with Crippen LogP contribution in [0.1, 0.15) is 31.9 Å². The van der Waals surface area contributed by atoms with Crippen molar-refractivity contribution in [2.45, 2.75) is 42.8 Å². The van der Waals surface area contributed by atoms with Crippen molar-refractivity contribution < 1.29 is 19.0 Å². The lowest BCUT2D eigenvalue weighted by Gasteiger charge is -2.33. The predicted octanol–water partition coefficient (Wildman–Crippen LogP) is 5.88. The summed E-state index contributed by atoms with van der Waals surface area (Å²) in [6, 6.07) is 12.3. The second-order valence-corrected chi connectivity index (χ2v) is 9.84. The van der Waals surface area contributed by atoms with Crippen LogP contribution in [-0.2, 0) is 5.41 Å². The molecular formula is C20H20Cl3NO4. The highest BCUT2D eigenvalue weighted by Crippen LogP contribution is 2.49. The molecule has 5 nitrogen and oxygen atoms in total. The fourth-order valence-electron chi connectivity index (χ4n) is 2.58. The molecule has 28 heavy (non-hydrogen) atoms. The third-order valence-corrected chi connectivity index (χ3v) is 4.93. The SMILES string of the molecule is Cc1ccc(OC(=O)NC2(C(Cl)(Cl)Cl)Oc3ccc(C(C)(C)C)cc3O2)cc1. The lowest BCUT2D eigenvalue weighted by molar-refractivity contribution is -0.0964. The number of nitrogens with one attached hydrogen (secondary N) is 1. The first kappa shape index (κ1) is 20.9. The number of rotatable bonds is 2. The van der Waals surface area contributed by atoms with E-state index in [4.69, 9.17) is 49.0 Å². The van der Waals surface area contributed by atoms with Crippen molar-refractivity contribution >= 4 is 40.9 Å². The Bertz CT molecular complexity index is 888. The van der Waals surface area contributed by atoms with Gasteiger partial charge in [-0.15, -0.1) is 0 Å². The Morgan fingerprint density at radius 1 is 1.00 bits per heavy atom. The van der Waals surface area contributed by atoms with Gasteiger partial charge in [-0.3, -0.25) is 0 Å². The van der Waals surface area contributed by atoms with E-state index in [-0.39, 0.29) is 5.41 Å². The molecule has 8 heteroatoms. The molecule has 3 rings (SSSR count). The second kappa shape index (κ2) is 7.21. The van der Waals surface area contributed by atoms with Gasteiger partial charge in [0.1, 0.15) is 5.75 Å². The molecule has 1 amide bonds. The zero-order chi connectivity index (χ0) is 20.7. The molecule has 2 aromatic carbocycles. The van der Waals surface area contributed by atoms with E-state index in [1.54, 1.807) is 36.4 Å². The van der Waals surface area contributed by atoms with Crippen molar-refractivity contribution in [3.8, 4) is 17.2 Å². The Hall–Kier alpha value is -1.82.